The minimum Gasteiger partial charge on any atom is -0.494 e. The smallest absolute Gasteiger partial charge is 0.265 e. The van der Waals surface area contributed by atoms with Gasteiger partial charge >= 0.3 is 0 Å². The Morgan fingerprint density at radius 1 is 1.12 bits per heavy atom. The van der Waals surface area contributed by atoms with Crippen molar-refractivity contribution in [3.05, 3.63) is 54.9 Å². The molecular formula is C19H19N3O4. The standard InChI is InChI=1S/C19H19N3O4/c1-3-24-16-10-6-15(7-11-16)21-18(23)13(2)26-17-8-4-14(5-9-17)19-22-20-12-25-19/h4-13H,3H2,1-2H3,(H,21,23). The summed E-state index contributed by atoms with van der Waals surface area (Å²) in [7, 11) is 0. The lowest BCUT2D eigenvalue weighted by atomic mass is 10.2. The van der Waals surface area contributed by atoms with E-state index in [1.807, 2.05) is 6.92 Å². The number of nitrogens with zero attached hydrogens (tertiary/aromatic N) is 2. The van der Waals surface area contributed by atoms with Gasteiger partial charge in [0.05, 0.1) is 6.61 Å². The number of anilines is 1. The summed E-state index contributed by atoms with van der Waals surface area (Å²) in [6.45, 7) is 4.21. The van der Waals surface area contributed by atoms with Crippen LogP contribution in [0.25, 0.3) is 11.5 Å². The molecule has 0 saturated carbocycles. The average Bonchev–Trinajstić information content (AvgIpc) is 3.19. The second-order valence-electron chi connectivity index (χ2n) is 5.47. The maximum absolute atomic E-state index is 12.3. The van der Waals surface area contributed by atoms with E-state index >= 15 is 0 Å². The molecule has 1 unspecified atom stereocenters. The predicted octanol–water partition coefficient (Wildman–Crippen LogP) is 3.54. The lowest BCUT2D eigenvalue weighted by Gasteiger charge is -2.15. The average molecular weight is 353 g/mol. The number of carbonyl (C=O) groups is 1. The van der Waals surface area contributed by atoms with Crippen molar-refractivity contribution in [3.8, 4) is 23.0 Å². The summed E-state index contributed by atoms with van der Waals surface area (Å²) >= 11 is 0. The second kappa shape index (κ2) is 8.15. The minimum absolute atomic E-state index is 0.241. The van der Waals surface area contributed by atoms with Crippen molar-refractivity contribution in [2.24, 2.45) is 0 Å². The van der Waals surface area contributed by atoms with Gasteiger partial charge in [-0.3, -0.25) is 4.79 Å². The first kappa shape index (κ1) is 17.5. The molecule has 0 fully saturated rings. The Morgan fingerprint density at radius 2 is 1.81 bits per heavy atom. The molecule has 0 aliphatic carbocycles. The zero-order chi connectivity index (χ0) is 18.4. The summed E-state index contributed by atoms with van der Waals surface area (Å²) in [5, 5.41) is 10.3. The molecule has 0 aliphatic heterocycles. The molecule has 7 heteroatoms. The number of hydrogen-bond acceptors (Lipinski definition) is 6. The topological polar surface area (TPSA) is 86.5 Å². The first-order valence-corrected chi connectivity index (χ1v) is 8.22. The van der Waals surface area contributed by atoms with E-state index in [0.29, 0.717) is 23.9 Å². The Kier molecular flexibility index (Phi) is 5.48. The zero-order valence-corrected chi connectivity index (χ0v) is 14.5. The second-order valence-corrected chi connectivity index (χ2v) is 5.47. The van der Waals surface area contributed by atoms with Crippen LogP contribution in [0.2, 0.25) is 0 Å². The molecule has 0 spiro atoms. The number of aromatic nitrogens is 2. The molecule has 0 saturated heterocycles. The fraction of sp³-hybridized carbons (Fsp3) is 0.211. The molecule has 3 rings (SSSR count). The lowest BCUT2D eigenvalue weighted by Crippen LogP contribution is -2.30. The Labute approximate surface area is 151 Å². The summed E-state index contributed by atoms with van der Waals surface area (Å²) in [6.07, 6.45) is 0.614. The van der Waals surface area contributed by atoms with E-state index in [1.165, 1.54) is 6.39 Å². The van der Waals surface area contributed by atoms with E-state index in [2.05, 4.69) is 15.5 Å². The largest absolute Gasteiger partial charge is 0.494 e. The van der Waals surface area contributed by atoms with Crippen molar-refractivity contribution >= 4 is 11.6 Å². The van der Waals surface area contributed by atoms with Gasteiger partial charge in [-0.2, -0.15) is 0 Å². The van der Waals surface area contributed by atoms with Gasteiger partial charge in [0.2, 0.25) is 12.3 Å². The van der Waals surface area contributed by atoms with E-state index in [4.69, 9.17) is 13.9 Å². The van der Waals surface area contributed by atoms with Crippen LogP contribution in [0, 0.1) is 0 Å². The molecule has 2 aromatic carbocycles. The van der Waals surface area contributed by atoms with Crippen LogP contribution in [0.15, 0.2) is 59.3 Å². The van der Waals surface area contributed by atoms with Crippen molar-refractivity contribution in [3.63, 3.8) is 0 Å². The molecule has 1 amide bonds. The van der Waals surface area contributed by atoms with E-state index in [-0.39, 0.29) is 5.91 Å². The third-order valence-corrected chi connectivity index (χ3v) is 3.58. The Morgan fingerprint density at radius 3 is 2.42 bits per heavy atom. The van der Waals surface area contributed by atoms with Crippen molar-refractivity contribution in [1.29, 1.82) is 0 Å². The molecule has 1 heterocycles. The first-order valence-electron chi connectivity index (χ1n) is 8.22. The van der Waals surface area contributed by atoms with E-state index < -0.39 is 6.10 Å². The number of hydrogen-bond donors (Lipinski definition) is 1. The molecule has 26 heavy (non-hydrogen) atoms. The molecule has 3 aromatic rings. The van der Waals surface area contributed by atoms with Gasteiger partial charge in [0.15, 0.2) is 6.10 Å². The molecular weight excluding hydrogens is 334 g/mol. The molecule has 1 N–H and O–H groups in total. The SMILES string of the molecule is CCOc1ccc(NC(=O)C(C)Oc2ccc(-c3nnco3)cc2)cc1. The van der Waals surface area contributed by atoms with Crippen LogP contribution in [-0.2, 0) is 4.79 Å². The van der Waals surface area contributed by atoms with Gasteiger partial charge in [-0.15, -0.1) is 10.2 Å². The minimum atomic E-state index is -0.657. The molecule has 0 radical (unpaired) electrons. The Balaban J connectivity index is 1.56. The van der Waals surface area contributed by atoms with E-state index in [1.54, 1.807) is 55.5 Å². The molecule has 134 valence electrons. The van der Waals surface area contributed by atoms with Crippen LogP contribution in [0.5, 0.6) is 11.5 Å². The van der Waals surface area contributed by atoms with Gasteiger partial charge in [0.1, 0.15) is 11.5 Å². The summed E-state index contributed by atoms with van der Waals surface area (Å²) in [5.41, 5.74) is 1.46. The monoisotopic (exact) mass is 353 g/mol. The highest BCUT2D eigenvalue weighted by Gasteiger charge is 2.15. The fourth-order valence-electron chi connectivity index (χ4n) is 2.28. The van der Waals surface area contributed by atoms with Crippen molar-refractivity contribution in [1.82, 2.24) is 10.2 Å². The quantitative estimate of drug-likeness (QED) is 0.699. The number of nitrogens with one attached hydrogen (secondary N) is 1. The van der Waals surface area contributed by atoms with Gasteiger partial charge in [-0.1, -0.05) is 0 Å². The van der Waals surface area contributed by atoms with Crippen LogP contribution in [-0.4, -0.2) is 28.8 Å². The van der Waals surface area contributed by atoms with Crippen molar-refractivity contribution in [2.75, 3.05) is 11.9 Å². The summed E-state index contributed by atoms with van der Waals surface area (Å²) in [4.78, 5) is 12.3. The van der Waals surface area contributed by atoms with Gasteiger partial charge in [0, 0.05) is 11.3 Å². The van der Waals surface area contributed by atoms with Crippen molar-refractivity contribution < 1.29 is 18.7 Å². The highest BCUT2D eigenvalue weighted by atomic mass is 16.5. The van der Waals surface area contributed by atoms with Crippen LogP contribution < -0.4 is 14.8 Å². The van der Waals surface area contributed by atoms with Crippen molar-refractivity contribution in [2.45, 2.75) is 20.0 Å². The van der Waals surface area contributed by atoms with E-state index in [0.717, 1.165) is 11.3 Å². The summed E-state index contributed by atoms with van der Waals surface area (Å²) in [6, 6.07) is 14.3. The van der Waals surface area contributed by atoms with Gasteiger partial charge in [-0.05, 0) is 62.4 Å². The number of amides is 1. The Bertz CT molecular complexity index is 830. The highest BCUT2D eigenvalue weighted by molar-refractivity contribution is 5.94. The number of benzene rings is 2. The normalized spacial score (nSPS) is 11.6. The first-order chi connectivity index (χ1) is 12.7. The van der Waals surface area contributed by atoms with Crippen LogP contribution >= 0.6 is 0 Å². The Hall–Kier alpha value is -3.35. The molecule has 0 bridgehead atoms. The third-order valence-electron chi connectivity index (χ3n) is 3.58. The maximum Gasteiger partial charge on any atom is 0.265 e. The number of rotatable bonds is 7. The van der Waals surface area contributed by atoms with Gasteiger partial charge in [-0.25, -0.2) is 0 Å². The number of ether oxygens (including phenoxy) is 2. The number of carbonyl (C=O) groups excluding carboxylic acids is 1. The van der Waals surface area contributed by atoms with Gasteiger partial charge in [0.25, 0.3) is 5.91 Å². The highest BCUT2D eigenvalue weighted by Crippen LogP contribution is 2.21. The fourth-order valence-corrected chi connectivity index (χ4v) is 2.28. The van der Waals surface area contributed by atoms with Crippen LogP contribution in [0.4, 0.5) is 5.69 Å². The van der Waals surface area contributed by atoms with Crippen LogP contribution in [0.1, 0.15) is 13.8 Å². The molecule has 7 nitrogen and oxygen atoms in total. The lowest BCUT2D eigenvalue weighted by molar-refractivity contribution is -0.122. The third kappa shape index (κ3) is 4.38. The molecule has 1 atom stereocenters. The summed E-state index contributed by atoms with van der Waals surface area (Å²) < 4.78 is 16.2. The van der Waals surface area contributed by atoms with Crippen LogP contribution in [0.3, 0.4) is 0 Å². The maximum atomic E-state index is 12.3. The van der Waals surface area contributed by atoms with E-state index in [9.17, 15) is 4.79 Å². The zero-order valence-electron chi connectivity index (χ0n) is 14.5. The molecule has 0 aliphatic rings. The predicted molar refractivity (Wildman–Crippen MR) is 96.1 cm³/mol. The summed E-state index contributed by atoms with van der Waals surface area (Å²) in [5.74, 6) is 1.52. The molecule has 1 aromatic heterocycles. The van der Waals surface area contributed by atoms with Gasteiger partial charge < -0.3 is 19.2 Å².